The Hall–Kier alpha value is -1.93. The van der Waals surface area contributed by atoms with Crippen molar-refractivity contribution in [3.8, 4) is 0 Å². The molecule has 110 valence electrons. The van der Waals surface area contributed by atoms with Gasteiger partial charge >= 0.3 is 5.97 Å². The van der Waals surface area contributed by atoms with Crippen LogP contribution in [0.2, 0.25) is 0 Å². The van der Waals surface area contributed by atoms with Gasteiger partial charge in [-0.1, -0.05) is 40.8 Å². The van der Waals surface area contributed by atoms with Crippen LogP contribution < -0.4 is 5.32 Å². The molecule has 2 N–H and O–H groups in total. The summed E-state index contributed by atoms with van der Waals surface area (Å²) in [6.07, 6.45) is 0. The van der Waals surface area contributed by atoms with E-state index in [1.165, 1.54) is 0 Å². The highest BCUT2D eigenvalue weighted by Gasteiger charge is 2.13. The van der Waals surface area contributed by atoms with E-state index in [9.17, 15) is 9.59 Å². The number of anilines is 1. The molecule has 0 radical (unpaired) electrons. The fraction of sp³-hybridized carbons (Fsp3) is 0.231. The second-order valence-corrected chi connectivity index (χ2v) is 6.53. The lowest BCUT2D eigenvalue weighted by Crippen LogP contribution is -2.13. The van der Waals surface area contributed by atoms with Crippen molar-refractivity contribution in [2.75, 3.05) is 11.1 Å². The van der Waals surface area contributed by atoms with Crippen molar-refractivity contribution in [3.63, 3.8) is 0 Å². The molecular weight excluding hydrogens is 310 g/mol. The number of aliphatic carboxylic acids is 1. The van der Waals surface area contributed by atoms with E-state index < -0.39 is 5.97 Å². The fourth-order valence-electron chi connectivity index (χ4n) is 1.59. The minimum Gasteiger partial charge on any atom is -0.481 e. The van der Waals surface area contributed by atoms with Gasteiger partial charge in [-0.3, -0.25) is 14.9 Å². The zero-order valence-electron chi connectivity index (χ0n) is 11.4. The molecule has 1 aromatic carbocycles. The molecule has 0 bridgehead atoms. The molecule has 0 aliphatic heterocycles. The first-order chi connectivity index (χ1) is 9.95. The molecule has 2 rings (SSSR count). The molecule has 6 nitrogen and oxygen atoms in total. The van der Waals surface area contributed by atoms with Gasteiger partial charge in [0.1, 0.15) is 0 Å². The van der Waals surface area contributed by atoms with E-state index in [1.54, 1.807) is 0 Å². The highest BCUT2D eigenvalue weighted by molar-refractivity contribution is 8.01. The van der Waals surface area contributed by atoms with Gasteiger partial charge in [-0.05, 0) is 25.5 Å². The molecule has 0 aliphatic rings. The molecule has 0 saturated heterocycles. The third-order valence-corrected chi connectivity index (χ3v) is 4.54. The molecule has 0 fully saturated rings. The van der Waals surface area contributed by atoms with Gasteiger partial charge < -0.3 is 5.11 Å². The average Bonchev–Trinajstić information content (AvgIpc) is 2.86. The van der Waals surface area contributed by atoms with Crippen molar-refractivity contribution in [1.29, 1.82) is 0 Å². The molecule has 0 spiro atoms. The summed E-state index contributed by atoms with van der Waals surface area (Å²) in [6, 6.07) is 5.64. The van der Waals surface area contributed by atoms with E-state index in [-0.39, 0.29) is 11.7 Å². The number of benzene rings is 1. The molecule has 0 saturated carbocycles. The van der Waals surface area contributed by atoms with Gasteiger partial charge in [0.15, 0.2) is 4.34 Å². The number of rotatable bonds is 5. The number of nitrogens with one attached hydrogen (secondary N) is 1. The number of aromatic nitrogens is 2. The van der Waals surface area contributed by atoms with Crippen molar-refractivity contribution in [2.45, 2.75) is 18.2 Å². The summed E-state index contributed by atoms with van der Waals surface area (Å²) >= 11 is 2.23. The number of carboxylic acids is 1. The van der Waals surface area contributed by atoms with Crippen LogP contribution in [0.5, 0.6) is 0 Å². The monoisotopic (exact) mass is 323 g/mol. The molecule has 21 heavy (non-hydrogen) atoms. The molecular formula is C13H13N3O3S2. The van der Waals surface area contributed by atoms with Crippen LogP contribution in [0.1, 0.15) is 21.5 Å². The predicted molar refractivity (Wildman–Crippen MR) is 82.1 cm³/mol. The molecule has 8 heteroatoms. The second-order valence-electron chi connectivity index (χ2n) is 4.33. The van der Waals surface area contributed by atoms with Crippen molar-refractivity contribution in [3.05, 3.63) is 34.9 Å². The van der Waals surface area contributed by atoms with Gasteiger partial charge in [-0.25, -0.2) is 0 Å². The smallest absolute Gasteiger partial charge is 0.313 e. The molecule has 0 aliphatic carbocycles. The van der Waals surface area contributed by atoms with Crippen LogP contribution >= 0.6 is 23.1 Å². The highest BCUT2D eigenvalue weighted by atomic mass is 32.2. The van der Waals surface area contributed by atoms with Gasteiger partial charge in [-0.15, -0.1) is 10.2 Å². The largest absolute Gasteiger partial charge is 0.481 e. The molecule has 0 atom stereocenters. The molecule has 1 heterocycles. The lowest BCUT2D eigenvalue weighted by molar-refractivity contribution is -0.133. The third kappa shape index (κ3) is 4.27. The number of hydrogen-bond acceptors (Lipinski definition) is 6. The van der Waals surface area contributed by atoms with Crippen LogP contribution in [0, 0.1) is 13.8 Å². The second kappa shape index (κ2) is 6.68. The molecule has 0 unspecified atom stereocenters. The third-order valence-electron chi connectivity index (χ3n) is 2.58. The minimum atomic E-state index is -0.920. The van der Waals surface area contributed by atoms with Crippen molar-refractivity contribution >= 4 is 40.1 Å². The summed E-state index contributed by atoms with van der Waals surface area (Å²) in [5.41, 5.74) is 2.47. The normalized spacial score (nSPS) is 10.4. The zero-order chi connectivity index (χ0) is 15.4. The fourth-order valence-corrected chi connectivity index (χ4v) is 3.05. The Kier molecular flexibility index (Phi) is 4.92. The van der Waals surface area contributed by atoms with Gasteiger partial charge in [-0.2, -0.15) is 0 Å². The van der Waals surface area contributed by atoms with Crippen LogP contribution in [0.15, 0.2) is 22.5 Å². The Morgan fingerprint density at radius 1 is 1.33 bits per heavy atom. The lowest BCUT2D eigenvalue weighted by Gasteiger charge is -2.05. The molecule has 2 aromatic rings. The minimum absolute atomic E-state index is 0.0838. The maximum Gasteiger partial charge on any atom is 0.313 e. The van der Waals surface area contributed by atoms with Crippen molar-refractivity contribution in [1.82, 2.24) is 10.2 Å². The van der Waals surface area contributed by atoms with Crippen molar-refractivity contribution in [2.24, 2.45) is 0 Å². The first-order valence-corrected chi connectivity index (χ1v) is 7.82. The lowest BCUT2D eigenvalue weighted by atomic mass is 10.1. The number of thioether (sulfide) groups is 1. The Morgan fingerprint density at radius 2 is 2.10 bits per heavy atom. The summed E-state index contributed by atoms with van der Waals surface area (Å²) in [5.74, 6) is -1.25. The van der Waals surface area contributed by atoms with Gasteiger partial charge in [0.2, 0.25) is 5.13 Å². The molecule has 1 amide bonds. The Labute approximate surface area is 129 Å². The number of carbonyl (C=O) groups is 2. The van der Waals surface area contributed by atoms with E-state index in [0.29, 0.717) is 15.0 Å². The van der Waals surface area contributed by atoms with Crippen LogP contribution in [0.4, 0.5) is 5.13 Å². The number of amides is 1. The Bertz CT molecular complexity index is 685. The maximum absolute atomic E-state index is 12.2. The van der Waals surface area contributed by atoms with Gasteiger partial charge in [0.05, 0.1) is 5.75 Å². The summed E-state index contributed by atoms with van der Waals surface area (Å²) in [7, 11) is 0. The Balaban J connectivity index is 2.06. The van der Waals surface area contributed by atoms with Crippen LogP contribution in [0.3, 0.4) is 0 Å². The van der Waals surface area contributed by atoms with Crippen LogP contribution in [-0.4, -0.2) is 32.9 Å². The first-order valence-electron chi connectivity index (χ1n) is 6.02. The number of aryl methyl sites for hydroxylation is 2. The maximum atomic E-state index is 12.2. The molecule has 1 aromatic heterocycles. The highest BCUT2D eigenvalue weighted by Crippen LogP contribution is 2.25. The van der Waals surface area contributed by atoms with E-state index in [1.807, 2.05) is 32.0 Å². The summed E-state index contributed by atoms with van der Waals surface area (Å²) in [5, 5.41) is 19.3. The van der Waals surface area contributed by atoms with E-state index in [4.69, 9.17) is 5.11 Å². The standard InChI is InChI=1S/C13H13N3O3S2/c1-7-3-4-8(2)9(5-7)11(19)14-12-15-16-13(21-12)20-6-10(17)18/h3-5H,6H2,1-2H3,(H,17,18)(H,14,15,19). The van der Waals surface area contributed by atoms with Crippen LogP contribution in [-0.2, 0) is 4.79 Å². The number of carbonyl (C=O) groups excluding carboxylic acids is 1. The van der Waals surface area contributed by atoms with Gasteiger partial charge in [0, 0.05) is 5.56 Å². The number of nitrogens with zero attached hydrogens (tertiary/aromatic N) is 2. The topological polar surface area (TPSA) is 92.2 Å². The quantitative estimate of drug-likeness (QED) is 0.649. The van der Waals surface area contributed by atoms with E-state index >= 15 is 0 Å². The van der Waals surface area contributed by atoms with Gasteiger partial charge in [0.25, 0.3) is 5.91 Å². The SMILES string of the molecule is Cc1ccc(C)c(C(=O)Nc2nnc(SCC(=O)O)s2)c1. The van der Waals surface area contributed by atoms with Crippen molar-refractivity contribution < 1.29 is 14.7 Å². The zero-order valence-corrected chi connectivity index (χ0v) is 13.0. The predicted octanol–water partition coefficient (Wildman–Crippen LogP) is 2.58. The van der Waals surface area contributed by atoms with E-state index in [2.05, 4.69) is 15.5 Å². The summed E-state index contributed by atoms with van der Waals surface area (Å²) in [6.45, 7) is 3.78. The Morgan fingerprint density at radius 3 is 2.81 bits per heavy atom. The van der Waals surface area contributed by atoms with E-state index in [0.717, 1.165) is 34.2 Å². The number of hydrogen-bond donors (Lipinski definition) is 2. The summed E-state index contributed by atoms with van der Waals surface area (Å²) < 4.78 is 0.508. The summed E-state index contributed by atoms with van der Waals surface area (Å²) in [4.78, 5) is 22.7. The average molecular weight is 323 g/mol. The van der Waals surface area contributed by atoms with Crippen LogP contribution in [0.25, 0.3) is 0 Å². The number of carboxylic acid groups (broad SMARTS) is 1. The first kappa shape index (κ1) is 15.5.